The van der Waals surface area contributed by atoms with Crippen molar-refractivity contribution in [3.63, 3.8) is 0 Å². The molecule has 2 rings (SSSR count). The lowest BCUT2D eigenvalue weighted by atomic mass is 10.1. The minimum absolute atomic E-state index is 0.0516. The summed E-state index contributed by atoms with van der Waals surface area (Å²) >= 11 is 6.27. The van der Waals surface area contributed by atoms with Gasteiger partial charge in [0, 0.05) is 17.6 Å². The summed E-state index contributed by atoms with van der Waals surface area (Å²) < 4.78 is 18.6. The lowest BCUT2D eigenvalue weighted by Crippen LogP contribution is -2.51. The Labute approximate surface area is 175 Å². The van der Waals surface area contributed by atoms with Crippen LogP contribution in [-0.4, -0.2) is 35.4 Å². The molecule has 1 atom stereocenters. The van der Waals surface area contributed by atoms with E-state index in [1.54, 1.807) is 12.1 Å². The Bertz CT molecular complexity index is 827. The van der Waals surface area contributed by atoms with Crippen LogP contribution in [0.3, 0.4) is 0 Å². The van der Waals surface area contributed by atoms with E-state index in [-0.39, 0.29) is 36.8 Å². The van der Waals surface area contributed by atoms with Crippen LogP contribution in [0.1, 0.15) is 32.8 Å². The van der Waals surface area contributed by atoms with Gasteiger partial charge in [-0.15, -0.1) is 0 Å². The Morgan fingerprint density at radius 3 is 2.38 bits per heavy atom. The molecule has 29 heavy (non-hydrogen) atoms. The molecule has 0 saturated carbocycles. The van der Waals surface area contributed by atoms with Gasteiger partial charge in [0.25, 0.3) is 5.91 Å². The van der Waals surface area contributed by atoms with E-state index >= 15 is 0 Å². The molecule has 0 fully saturated rings. The number of hydrogen-bond acceptors (Lipinski definition) is 3. The summed E-state index contributed by atoms with van der Waals surface area (Å²) in [7, 11) is 0. The molecule has 0 aliphatic rings. The lowest BCUT2D eigenvalue weighted by molar-refractivity contribution is -0.143. The normalized spacial score (nSPS) is 11.8. The van der Waals surface area contributed by atoms with Crippen molar-refractivity contribution < 1.29 is 18.7 Å². The highest BCUT2D eigenvalue weighted by Gasteiger charge is 2.29. The lowest BCUT2D eigenvalue weighted by Gasteiger charge is -2.31. The largest absolute Gasteiger partial charge is 0.484 e. The van der Waals surface area contributed by atoms with Crippen LogP contribution in [0.25, 0.3) is 0 Å². The van der Waals surface area contributed by atoms with Gasteiger partial charge in [-0.1, -0.05) is 36.7 Å². The highest BCUT2D eigenvalue weighted by atomic mass is 35.5. The first-order valence-corrected chi connectivity index (χ1v) is 9.91. The summed E-state index contributed by atoms with van der Waals surface area (Å²) in [5.74, 6) is -0.609. The summed E-state index contributed by atoms with van der Waals surface area (Å²) in [6, 6.07) is 11.9. The standard InChI is InChI=1S/C22H26ClFN2O3/c1-4-20(22(28)25-15(2)3)26(13-16-7-5-6-8-19(16)23)21(27)14-29-18-11-9-17(24)10-12-18/h5-12,15,20H,4,13-14H2,1-3H3,(H,25,28)/t20-/m1/s1. The average molecular weight is 421 g/mol. The van der Waals surface area contributed by atoms with Gasteiger partial charge in [-0.05, 0) is 56.2 Å². The number of carbonyl (C=O) groups excluding carboxylic acids is 2. The third-order valence-electron chi connectivity index (χ3n) is 4.29. The second-order valence-corrected chi connectivity index (χ2v) is 7.35. The number of carbonyl (C=O) groups is 2. The van der Waals surface area contributed by atoms with Gasteiger partial charge in [0.05, 0.1) is 0 Å². The number of ether oxygens (including phenoxy) is 1. The Hall–Kier alpha value is -2.60. The van der Waals surface area contributed by atoms with Crippen LogP contribution in [0.5, 0.6) is 5.75 Å². The molecule has 2 aromatic rings. The van der Waals surface area contributed by atoms with Crippen molar-refractivity contribution in [3.8, 4) is 5.75 Å². The van der Waals surface area contributed by atoms with Crippen molar-refractivity contribution in [2.45, 2.75) is 45.8 Å². The topological polar surface area (TPSA) is 58.6 Å². The highest BCUT2D eigenvalue weighted by Crippen LogP contribution is 2.20. The zero-order chi connectivity index (χ0) is 21.4. The molecule has 5 nitrogen and oxygen atoms in total. The van der Waals surface area contributed by atoms with E-state index in [9.17, 15) is 14.0 Å². The van der Waals surface area contributed by atoms with Crippen LogP contribution >= 0.6 is 11.6 Å². The van der Waals surface area contributed by atoms with Crippen molar-refractivity contribution >= 4 is 23.4 Å². The molecule has 156 valence electrons. The third-order valence-corrected chi connectivity index (χ3v) is 4.66. The third kappa shape index (κ3) is 6.75. The summed E-state index contributed by atoms with van der Waals surface area (Å²) in [5, 5.41) is 3.38. The predicted molar refractivity (Wildman–Crippen MR) is 111 cm³/mol. The van der Waals surface area contributed by atoms with E-state index in [4.69, 9.17) is 16.3 Å². The Morgan fingerprint density at radius 1 is 1.14 bits per heavy atom. The van der Waals surface area contributed by atoms with Crippen molar-refractivity contribution in [2.24, 2.45) is 0 Å². The molecule has 0 aliphatic heterocycles. The van der Waals surface area contributed by atoms with Gasteiger partial charge in [-0.25, -0.2) is 4.39 Å². The van der Waals surface area contributed by atoms with Gasteiger partial charge in [0.15, 0.2) is 6.61 Å². The predicted octanol–water partition coefficient (Wildman–Crippen LogP) is 4.19. The second-order valence-electron chi connectivity index (χ2n) is 6.94. The maximum Gasteiger partial charge on any atom is 0.261 e. The number of nitrogens with one attached hydrogen (secondary N) is 1. The van der Waals surface area contributed by atoms with Gasteiger partial charge in [0.2, 0.25) is 5.91 Å². The molecule has 0 aromatic heterocycles. The molecule has 0 aliphatic carbocycles. The molecule has 0 heterocycles. The smallest absolute Gasteiger partial charge is 0.261 e. The molecule has 0 bridgehead atoms. The monoisotopic (exact) mass is 420 g/mol. The summed E-state index contributed by atoms with van der Waals surface area (Å²) in [6.07, 6.45) is 0.436. The molecule has 1 N–H and O–H groups in total. The fourth-order valence-electron chi connectivity index (χ4n) is 2.87. The van der Waals surface area contributed by atoms with Crippen molar-refractivity contribution in [1.29, 1.82) is 0 Å². The first-order chi connectivity index (χ1) is 13.8. The van der Waals surface area contributed by atoms with E-state index in [1.165, 1.54) is 29.2 Å². The van der Waals surface area contributed by atoms with Gasteiger partial charge in [-0.3, -0.25) is 9.59 Å². The average Bonchev–Trinajstić information content (AvgIpc) is 2.68. The van der Waals surface area contributed by atoms with Crippen molar-refractivity contribution in [2.75, 3.05) is 6.61 Å². The Morgan fingerprint density at radius 2 is 1.79 bits per heavy atom. The number of hydrogen-bond donors (Lipinski definition) is 1. The molecular weight excluding hydrogens is 395 g/mol. The van der Waals surface area contributed by atoms with Crippen LogP contribution in [-0.2, 0) is 16.1 Å². The van der Waals surface area contributed by atoms with Crippen LogP contribution in [0.2, 0.25) is 5.02 Å². The number of halogens is 2. The van der Waals surface area contributed by atoms with Gasteiger partial charge in [0.1, 0.15) is 17.6 Å². The van der Waals surface area contributed by atoms with Crippen LogP contribution in [0.4, 0.5) is 4.39 Å². The fourth-order valence-corrected chi connectivity index (χ4v) is 3.06. The second kappa shape index (κ2) is 10.8. The fraction of sp³-hybridized carbons (Fsp3) is 0.364. The number of rotatable bonds is 9. The zero-order valence-corrected chi connectivity index (χ0v) is 17.6. The van der Waals surface area contributed by atoms with Gasteiger partial charge in [-0.2, -0.15) is 0 Å². The maximum absolute atomic E-state index is 13.1. The minimum atomic E-state index is -0.669. The zero-order valence-electron chi connectivity index (χ0n) is 16.8. The summed E-state index contributed by atoms with van der Waals surface area (Å²) in [5.41, 5.74) is 0.736. The SMILES string of the molecule is CC[C@H](C(=O)NC(C)C)N(Cc1ccccc1Cl)C(=O)COc1ccc(F)cc1. The van der Waals surface area contributed by atoms with Crippen molar-refractivity contribution in [1.82, 2.24) is 10.2 Å². The van der Waals surface area contributed by atoms with E-state index in [0.29, 0.717) is 17.2 Å². The van der Waals surface area contributed by atoms with Crippen molar-refractivity contribution in [3.05, 3.63) is 64.9 Å². The van der Waals surface area contributed by atoms with E-state index in [1.807, 2.05) is 32.9 Å². The summed E-state index contributed by atoms with van der Waals surface area (Å²) in [6.45, 7) is 5.47. The Kier molecular flexibility index (Phi) is 8.46. The van der Waals surface area contributed by atoms with E-state index in [0.717, 1.165) is 5.56 Å². The van der Waals surface area contributed by atoms with Crippen LogP contribution < -0.4 is 10.1 Å². The number of amides is 2. The molecule has 7 heteroatoms. The first kappa shape index (κ1) is 22.7. The molecule has 0 unspecified atom stereocenters. The van der Waals surface area contributed by atoms with E-state index in [2.05, 4.69) is 5.32 Å². The molecule has 2 amide bonds. The Balaban J connectivity index is 2.21. The first-order valence-electron chi connectivity index (χ1n) is 9.53. The number of nitrogens with zero attached hydrogens (tertiary/aromatic N) is 1. The van der Waals surface area contributed by atoms with Gasteiger partial charge < -0.3 is 15.0 Å². The van der Waals surface area contributed by atoms with Gasteiger partial charge >= 0.3 is 0 Å². The molecule has 2 aromatic carbocycles. The quantitative estimate of drug-likeness (QED) is 0.661. The minimum Gasteiger partial charge on any atom is -0.484 e. The van der Waals surface area contributed by atoms with E-state index < -0.39 is 6.04 Å². The molecule has 0 radical (unpaired) electrons. The molecule has 0 spiro atoms. The number of benzene rings is 2. The maximum atomic E-state index is 13.1. The molecule has 0 saturated heterocycles. The van der Waals surface area contributed by atoms with Crippen LogP contribution in [0.15, 0.2) is 48.5 Å². The summed E-state index contributed by atoms with van der Waals surface area (Å²) in [4.78, 5) is 27.2. The molecular formula is C22H26ClFN2O3. The van der Waals surface area contributed by atoms with Crippen LogP contribution in [0, 0.1) is 5.82 Å². The highest BCUT2D eigenvalue weighted by molar-refractivity contribution is 6.31.